The molecule has 5 rings (SSSR count). The Morgan fingerprint density at radius 3 is 2.08 bits per heavy atom. The molecule has 4 aromatic carbocycles. The van der Waals surface area contributed by atoms with Crippen molar-refractivity contribution in [3.8, 4) is 5.75 Å². The molecule has 1 fully saturated rings. The number of benzene rings is 4. The predicted molar refractivity (Wildman–Crippen MR) is 294 cm³/mol. The van der Waals surface area contributed by atoms with Crippen molar-refractivity contribution in [1.82, 2.24) is 19.4 Å². The third-order valence-electron chi connectivity index (χ3n) is 13.0. The molecule has 0 aromatic heterocycles. The van der Waals surface area contributed by atoms with Crippen molar-refractivity contribution in [2.24, 2.45) is 45.7 Å². The Morgan fingerprint density at radius 2 is 1.47 bits per heavy atom. The van der Waals surface area contributed by atoms with Gasteiger partial charge in [-0.1, -0.05) is 122 Å². The summed E-state index contributed by atoms with van der Waals surface area (Å²) in [6, 6.07) is 17.0. The first-order valence-electron chi connectivity index (χ1n) is 25.5. The summed E-state index contributed by atoms with van der Waals surface area (Å²) in [6.45, 7) is 8.41. The molecule has 0 bridgehead atoms. The number of hydrogen-bond acceptors (Lipinski definition) is 14. The molecule has 6 atom stereocenters. The van der Waals surface area contributed by atoms with Crippen LogP contribution in [-0.4, -0.2) is 125 Å². The van der Waals surface area contributed by atoms with Crippen LogP contribution in [0.2, 0.25) is 0 Å². The number of ether oxygens (including phenoxy) is 2. The van der Waals surface area contributed by atoms with E-state index in [9.17, 15) is 24.3 Å². The van der Waals surface area contributed by atoms with Crippen molar-refractivity contribution in [2.75, 3.05) is 19.6 Å². The first kappa shape index (κ1) is 61.6. The summed E-state index contributed by atoms with van der Waals surface area (Å²) in [5.74, 6) is -10.7. The highest BCUT2D eigenvalue weighted by Gasteiger charge is 2.54. The fourth-order valence-electron chi connectivity index (χ4n) is 8.68. The quantitative estimate of drug-likeness (QED) is 0.0176. The van der Waals surface area contributed by atoms with Gasteiger partial charge in [0.05, 0.1) is 22.9 Å². The maximum atomic E-state index is 16.3. The van der Waals surface area contributed by atoms with Crippen LogP contribution in [-0.2, 0) is 63.0 Å². The van der Waals surface area contributed by atoms with E-state index in [1.807, 2.05) is 0 Å². The van der Waals surface area contributed by atoms with Gasteiger partial charge in [-0.2, -0.15) is 0 Å². The van der Waals surface area contributed by atoms with E-state index in [0.29, 0.717) is 26.1 Å². The summed E-state index contributed by atoms with van der Waals surface area (Å²) in [5.41, 5.74) is 25.8. The monoisotopic (exact) mass is 1160 g/mol. The van der Waals surface area contributed by atoms with Gasteiger partial charge in [0.25, 0.3) is 21.8 Å². The Kier molecular flexibility index (Phi) is 22.5. The van der Waals surface area contributed by atoms with Crippen molar-refractivity contribution < 1.29 is 56.6 Å². The third kappa shape index (κ3) is 16.4. The molecule has 0 radical (unpaired) electrons. The van der Waals surface area contributed by atoms with Crippen LogP contribution in [0.1, 0.15) is 75.6 Å². The fourth-order valence-corrected chi connectivity index (χ4v) is 10.7. The second kappa shape index (κ2) is 28.4. The number of aryl methyl sites for hydroxylation is 1. The molecule has 420 valence electrons. The summed E-state index contributed by atoms with van der Waals surface area (Å²) in [7, 11) is -5.36. The van der Waals surface area contributed by atoms with Gasteiger partial charge < -0.3 is 47.7 Å². The fraction of sp³-hybridized carbons (Fsp3) is 0.418. The highest BCUT2D eigenvalue weighted by Crippen LogP contribution is 2.33. The Bertz CT molecular complexity index is 2890. The molecule has 1 aliphatic rings. The van der Waals surface area contributed by atoms with E-state index < -0.39 is 111 Å². The zero-order chi connectivity index (χ0) is 57.4. The molecular formula is C55H70BrN9O12S. The number of aliphatic carboxylic acids is 1. The minimum absolute atomic E-state index is 0.0228. The number of nitrogens with two attached hydrogens (primary N) is 4. The summed E-state index contributed by atoms with van der Waals surface area (Å²) in [6.07, 6.45) is -1.73. The minimum Gasteiger partial charge on any atom is -0.481 e. The molecule has 0 saturated carbocycles. The summed E-state index contributed by atoms with van der Waals surface area (Å²) >= 11 is 3.41. The summed E-state index contributed by atoms with van der Waals surface area (Å²) in [4.78, 5) is 108. The Labute approximate surface area is 463 Å². The lowest BCUT2D eigenvalue weighted by atomic mass is 9.89. The number of likely N-dealkylation sites (tertiary alicyclic amines) is 1. The summed E-state index contributed by atoms with van der Waals surface area (Å²) in [5, 5.41) is 14.1. The van der Waals surface area contributed by atoms with Crippen LogP contribution in [0, 0.1) is 24.7 Å². The number of hydrogen-bond donors (Lipinski definition) is 6. The zero-order valence-electron chi connectivity index (χ0n) is 44.3. The lowest BCUT2D eigenvalue weighted by Gasteiger charge is -2.41. The van der Waals surface area contributed by atoms with Crippen LogP contribution in [0.3, 0.4) is 0 Å². The normalized spacial score (nSPS) is 15.3. The van der Waals surface area contributed by atoms with Gasteiger partial charge in [-0.3, -0.25) is 38.7 Å². The Balaban J connectivity index is 1.71. The van der Waals surface area contributed by atoms with Crippen LogP contribution in [0.5, 0.6) is 5.75 Å². The second-order valence-corrected chi connectivity index (χ2v) is 22.5. The second-order valence-electron chi connectivity index (χ2n) is 19.8. The first-order valence-corrected chi connectivity index (χ1v) is 27.8. The number of carboxylic acid groups (broad SMARTS) is 1. The van der Waals surface area contributed by atoms with E-state index >= 15 is 22.8 Å². The topological polar surface area (TPSA) is 331 Å². The van der Waals surface area contributed by atoms with Crippen molar-refractivity contribution in [3.05, 3.63) is 130 Å². The molecule has 1 unspecified atom stereocenters. The van der Waals surface area contributed by atoms with E-state index in [1.165, 1.54) is 48.5 Å². The van der Waals surface area contributed by atoms with Crippen LogP contribution in [0.4, 0.5) is 4.79 Å². The van der Waals surface area contributed by atoms with Crippen molar-refractivity contribution in [3.63, 3.8) is 0 Å². The van der Waals surface area contributed by atoms with Crippen LogP contribution < -0.4 is 33.0 Å². The first-order chi connectivity index (χ1) is 36.9. The molecule has 0 spiro atoms. The molecule has 1 aliphatic heterocycles. The molecule has 21 nitrogen and oxygen atoms in total. The number of rotatable bonds is 25. The van der Waals surface area contributed by atoms with Gasteiger partial charge >= 0.3 is 12.1 Å². The van der Waals surface area contributed by atoms with Crippen LogP contribution >= 0.6 is 15.9 Å². The van der Waals surface area contributed by atoms with Crippen LogP contribution in [0.15, 0.2) is 117 Å². The molecule has 78 heavy (non-hydrogen) atoms. The molecule has 5 amide bonds. The number of halogens is 1. The SMILES string of the molecule is Cc1ccc(S(=O)(=O)N(C(=O)[C@@H]2CCCN2C(=O)[C@@H](N)CCCN=C(N)N)[C@H](C(=O)N(C(=O)[C@@H](N)C(C)C)[C@@H](Cc2ccc(OC(=O)OCc3ccccc3Br)cc2)C(=O)NCC(C)C)C(Cc2ccccc2)C(=O)O)cc1. The number of carbonyl (C=O) groups is 7. The molecule has 10 N–H and O–H groups in total. The molecule has 1 heterocycles. The van der Waals surface area contributed by atoms with Crippen LogP contribution in [0.25, 0.3) is 0 Å². The number of imide groups is 1. The molecular weight excluding hydrogens is 1090 g/mol. The number of carbonyl (C=O) groups excluding carboxylic acids is 6. The standard InChI is InChI=1S/C55H70BrN9O12S/c1-33(2)31-62-48(66)45(30-37-21-23-39(24-22-37)77-55(73)76-32-38-15-9-10-16-42(38)56)64(51(69)46(58)34(3)4)52(70)47(41(53(71)72)29-36-13-7-6-8-14-36)65(78(74,75)40-25-19-35(5)20-26-40)50(68)44-18-12-28-63(44)49(67)43(57)17-11-27-61-54(59)60/h6-10,13-16,19-26,33-34,41,43-47H,11-12,17-18,27-32,57-58H2,1-5H3,(H,62,66)(H,71,72)(H4,59,60,61)/t41?,43-,44-,45-,46-,47-/m0/s1. The zero-order valence-corrected chi connectivity index (χ0v) is 46.7. The predicted octanol–water partition coefficient (Wildman–Crippen LogP) is 4.40. The van der Waals surface area contributed by atoms with Crippen molar-refractivity contribution in [2.45, 2.75) is 115 Å². The number of guanidine groups is 1. The molecule has 23 heteroatoms. The minimum atomic E-state index is -5.36. The average Bonchev–Trinajstić information content (AvgIpc) is 3.92. The lowest BCUT2D eigenvalue weighted by molar-refractivity contribution is -0.162. The van der Waals surface area contributed by atoms with E-state index in [4.69, 9.17) is 32.4 Å². The number of nitrogens with zero attached hydrogens (tertiary/aromatic N) is 4. The van der Waals surface area contributed by atoms with Gasteiger partial charge in [-0.05, 0) is 92.3 Å². The number of aliphatic imine (C=N–C) groups is 1. The summed E-state index contributed by atoms with van der Waals surface area (Å²) < 4.78 is 42.8. The van der Waals surface area contributed by atoms with Gasteiger partial charge in [0, 0.05) is 36.1 Å². The molecule has 4 aromatic rings. The smallest absolute Gasteiger partial charge is 0.481 e. The number of carboxylic acids is 1. The van der Waals surface area contributed by atoms with E-state index in [1.54, 1.807) is 89.2 Å². The highest BCUT2D eigenvalue weighted by molar-refractivity contribution is 9.10. The lowest BCUT2D eigenvalue weighted by Crippen LogP contribution is -2.66. The van der Waals surface area contributed by atoms with Gasteiger partial charge in [0.15, 0.2) is 5.96 Å². The van der Waals surface area contributed by atoms with Gasteiger partial charge in [-0.15, -0.1) is 0 Å². The van der Waals surface area contributed by atoms with Gasteiger partial charge in [0.1, 0.15) is 30.5 Å². The Morgan fingerprint density at radius 1 is 0.846 bits per heavy atom. The average molecular weight is 1160 g/mol. The molecule has 1 saturated heterocycles. The number of amides is 5. The number of sulfonamides is 1. The van der Waals surface area contributed by atoms with Gasteiger partial charge in [0.2, 0.25) is 17.7 Å². The Hall–Kier alpha value is -7.21. The highest BCUT2D eigenvalue weighted by atomic mass is 79.9. The van der Waals surface area contributed by atoms with Crippen molar-refractivity contribution in [1.29, 1.82) is 0 Å². The van der Waals surface area contributed by atoms with E-state index in [2.05, 4.69) is 26.2 Å². The largest absolute Gasteiger partial charge is 0.514 e. The molecule has 0 aliphatic carbocycles. The number of nitrogens with one attached hydrogen (secondary N) is 1. The van der Waals surface area contributed by atoms with E-state index in [-0.39, 0.29) is 79.4 Å². The van der Waals surface area contributed by atoms with Crippen molar-refractivity contribution >= 4 is 73.6 Å². The van der Waals surface area contributed by atoms with Gasteiger partial charge in [-0.25, -0.2) is 17.5 Å². The maximum absolute atomic E-state index is 16.3. The third-order valence-corrected chi connectivity index (χ3v) is 15.6. The van der Waals surface area contributed by atoms with E-state index in [0.717, 1.165) is 4.90 Å². The maximum Gasteiger partial charge on any atom is 0.514 e.